The highest BCUT2D eigenvalue weighted by Crippen LogP contribution is 2.62. The van der Waals surface area contributed by atoms with Crippen molar-refractivity contribution in [1.29, 1.82) is 0 Å². The molecule has 0 unspecified atom stereocenters. The molecule has 0 radical (unpaired) electrons. The topological polar surface area (TPSA) is 30.7 Å². The molecule has 11 aromatic rings. The fourth-order valence-corrected chi connectivity index (χ4v) is 10.5. The highest BCUT2D eigenvalue weighted by atomic mass is 15.0. The number of aromatic nitrogens is 3. The highest BCUT2D eigenvalue weighted by molar-refractivity contribution is 6.27. The van der Waals surface area contributed by atoms with Crippen LogP contribution in [0.25, 0.3) is 93.7 Å². The zero-order valence-corrected chi connectivity index (χ0v) is 30.2. The molecule has 0 saturated carbocycles. The van der Waals surface area contributed by atoms with E-state index in [1.807, 2.05) is 6.07 Å². The third kappa shape index (κ3) is 3.67. The van der Waals surface area contributed by atoms with E-state index in [2.05, 4.69) is 187 Å². The smallest absolute Gasteiger partial charge is 0.161 e. The molecule has 2 aliphatic rings. The first kappa shape index (κ1) is 30.0. The van der Waals surface area contributed by atoms with Crippen molar-refractivity contribution in [2.24, 2.45) is 0 Å². The second-order valence-electron chi connectivity index (χ2n) is 15.2. The molecule has 3 nitrogen and oxygen atoms in total. The van der Waals surface area contributed by atoms with Gasteiger partial charge in [-0.1, -0.05) is 164 Å². The van der Waals surface area contributed by atoms with Gasteiger partial charge in [0.2, 0.25) is 0 Å². The quantitative estimate of drug-likeness (QED) is 0.183. The molecule has 56 heavy (non-hydrogen) atoms. The number of fused-ring (bicyclic) bond motifs is 9. The summed E-state index contributed by atoms with van der Waals surface area (Å²) in [6, 6.07) is 68.7. The van der Waals surface area contributed by atoms with Crippen molar-refractivity contribution in [3.8, 4) is 39.5 Å². The van der Waals surface area contributed by atoms with Crippen LogP contribution in [0.5, 0.6) is 0 Å². The molecule has 0 fully saturated rings. The van der Waals surface area contributed by atoms with Gasteiger partial charge in [0.05, 0.1) is 33.3 Å². The average Bonchev–Trinajstić information content (AvgIpc) is 3.76. The van der Waals surface area contributed by atoms with E-state index in [1.54, 1.807) is 0 Å². The van der Waals surface area contributed by atoms with E-state index < -0.39 is 5.41 Å². The molecule has 13 rings (SSSR count). The Morgan fingerprint density at radius 1 is 0.375 bits per heavy atom. The third-order valence-corrected chi connectivity index (χ3v) is 12.6. The molecular formula is C53H31N3. The van der Waals surface area contributed by atoms with Gasteiger partial charge in [0.1, 0.15) is 0 Å². The van der Waals surface area contributed by atoms with Crippen molar-refractivity contribution >= 4 is 54.3 Å². The molecule has 2 aliphatic carbocycles. The second kappa shape index (κ2) is 10.9. The molecule has 0 saturated heterocycles. The van der Waals surface area contributed by atoms with Crippen molar-refractivity contribution in [2.75, 3.05) is 0 Å². The van der Waals surface area contributed by atoms with E-state index in [0.29, 0.717) is 0 Å². The van der Waals surface area contributed by atoms with Gasteiger partial charge in [-0.05, 0) is 73.8 Å². The average molecular weight is 710 g/mol. The van der Waals surface area contributed by atoms with Gasteiger partial charge in [-0.3, -0.25) is 0 Å². The maximum Gasteiger partial charge on any atom is 0.161 e. The Balaban J connectivity index is 1.12. The molecule has 9 aromatic carbocycles. The minimum absolute atomic E-state index is 0.435. The summed E-state index contributed by atoms with van der Waals surface area (Å²) >= 11 is 0. The van der Waals surface area contributed by atoms with Crippen LogP contribution in [0.15, 0.2) is 188 Å². The van der Waals surface area contributed by atoms with Crippen molar-refractivity contribution < 1.29 is 0 Å². The molecule has 0 atom stereocenters. The Bertz CT molecular complexity index is 3440. The minimum Gasteiger partial charge on any atom is -0.309 e. The fourth-order valence-electron chi connectivity index (χ4n) is 10.5. The Morgan fingerprint density at radius 3 is 1.82 bits per heavy atom. The Labute approximate surface area is 322 Å². The standard InChI is InChI=1S/C53H31N3/c1-2-14-33(15-3-1)51-39-19-6-9-27-44(39)54-52(55-51)38-22-11-21-37-34(38)20-12-28-45(37)56-46-29-13-26-43-49(46)50-47(56)31-30-32-16-10-25-42(48(32)50)53(43)40-23-7-4-17-35(40)36-18-5-8-24-41(36)53/h1-31H. The van der Waals surface area contributed by atoms with Crippen molar-refractivity contribution in [3.63, 3.8) is 0 Å². The predicted octanol–water partition coefficient (Wildman–Crippen LogP) is 13.0. The van der Waals surface area contributed by atoms with Gasteiger partial charge in [0.25, 0.3) is 0 Å². The van der Waals surface area contributed by atoms with Crippen LogP contribution in [-0.4, -0.2) is 14.5 Å². The highest BCUT2D eigenvalue weighted by Gasteiger charge is 2.49. The Morgan fingerprint density at radius 2 is 0.982 bits per heavy atom. The molecular weight excluding hydrogens is 679 g/mol. The minimum atomic E-state index is -0.435. The summed E-state index contributed by atoms with van der Waals surface area (Å²) in [5.74, 6) is 0.726. The van der Waals surface area contributed by atoms with Crippen LogP contribution in [0.1, 0.15) is 22.3 Å². The summed E-state index contributed by atoms with van der Waals surface area (Å²) in [7, 11) is 0. The monoisotopic (exact) mass is 709 g/mol. The van der Waals surface area contributed by atoms with Gasteiger partial charge in [-0.15, -0.1) is 0 Å². The number of rotatable bonds is 3. The lowest BCUT2D eigenvalue weighted by atomic mass is 9.63. The van der Waals surface area contributed by atoms with E-state index in [9.17, 15) is 0 Å². The van der Waals surface area contributed by atoms with Crippen LogP contribution in [0.4, 0.5) is 0 Å². The number of benzene rings is 9. The normalized spacial score (nSPS) is 13.5. The van der Waals surface area contributed by atoms with Gasteiger partial charge in [0.15, 0.2) is 5.82 Å². The van der Waals surface area contributed by atoms with E-state index in [4.69, 9.17) is 9.97 Å². The number of para-hydroxylation sites is 1. The number of hydrogen-bond donors (Lipinski definition) is 0. The van der Waals surface area contributed by atoms with E-state index in [0.717, 1.165) is 50.0 Å². The van der Waals surface area contributed by atoms with Gasteiger partial charge < -0.3 is 4.57 Å². The molecule has 2 aromatic heterocycles. The molecule has 3 heteroatoms. The summed E-state index contributed by atoms with van der Waals surface area (Å²) in [4.78, 5) is 10.5. The van der Waals surface area contributed by atoms with Gasteiger partial charge in [-0.25, -0.2) is 9.97 Å². The SMILES string of the molecule is c1ccc(-c2nc(-c3cccc4c(-n5c6cccc7c6c6c8c(cccc8ccc65)C75c6ccccc6-c6ccccc65)cccc34)nc3ccccc23)cc1. The maximum absolute atomic E-state index is 5.30. The summed E-state index contributed by atoms with van der Waals surface area (Å²) in [6.07, 6.45) is 0. The number of nitrogens with zero attached hydrogens (tertiary/aromatic N) is 3. The maximum atomic E-state index is 5.30. The molecule has 0 aliphatic heterocycles. The zero-order chi connectivity index (χ0) is 36.5. The fraction of sp³-hybridized carbons (Fsp3) is 0.0189. The Hall–Kier alpha value is -7.36. The molecule has 0 bridgehead atoms. The predicted molar refractivity (Wildman–Crippen MR) is 231 cm³/mol. The molecule has 0 amide bonds. The van der Waals surface area contributed by atoms with Gasteiger partial charge >= 0.3 is 0 Å². The lowest BCUT2D eigenvalue weighted by Crippen LogP contribution is -2.30. The van der Waals surface area contributed by atoms with Crippen molar-refractivity contribution in [3.05, 3.63) is 210 Å². The largest absolute Gasteiger partial charge is 0.309 e. The Kier molecular flexibility index (Phi) is 5.83. The van der Waals surface area contributed by atoms with Crippen LogP contribution in [0.2, 0.25) is 0 Å². The van der Waals surface area contributed by atoms with Crippen LogP contribution in [0, 0.1) is 0 Å². The van der Waals surface area contributed by atoms with Gasteiger partial charge in [-0.2, -0.15) is 0 Å². The summed E-state index contributed by atoms with van der Waals surface area (Å²) in [5.41, 5.74) is 15.2. The first-order valence-corrected chi connectivity index (χ1v) is 19.3. The van der Waals surface area contributed by atoms with Gasteiger partial charge in [0, 0.05) is 32.7 Å². The summed E-state index contributed by atoms with van der Waals surface area (Å²) in [6.45, 7) is 0. The van der Waals surface area contributed by atoms with Crippen molar-refractivity contribution in [2.45, 2.75) is 5.41 Å². The molecule has 0 N–H and O–H groups in total. The van der Waals surface area contributed by atoms with Crippen LogP contribution < -0.4 is 0 Å². The van der Waals surface area contributed by atoms with Crippen LogP contribution in [0.3, 0.4) is 0 Å². The second-order valence-corrected chi connectivity index (χ2v) is 15.2. The van der Waals surface area contributed by atoms with Crippen molar-refractivity contribution in [1.82, 2.24) is 14.5 Å². The zero-order valence-electron chi connectivity index (χ0n) is 30.2. The van der Waals surface area contributed by atoms with Crippen LogP contribution >= 0.6 is 0 Å². The summed E-state index contributed by atoms with van der Waals surface area (Å²) < 4.78 is 2.51. The summed E-state index contributed by atoms with van der Waals surface area (Å²) in [5, 5.41) is 8.60. The first-order chi connectivity index (χ1) is 27.8. The molecule has 2 heterocycles. The van der Waals surface area contributed by atoms with E-state index >= 15 is 0 Å². The van der Waals surface area contributed by atoms with E-state index in [-0.39, 0.29) is 0 Å². The molecule has 258 valence electrons. The molecule has 1 spiro atoms. The van der Waals surface area contributed by atoms with Crippen LogP contribution in [-0.2, 0) is 5.41 Å². The third-order valence-electron chi connectivity index (χ3n) is 12.6. The number of hydrogen-bond acceptors (Lipinski definition) is 2. The lowest BCUT2D eigenvalue weighted by Gasteiger charge is -2.37. The first-order valence-electron chi connectivity index (χ1n) is 19.3. The lowest BCUT2D eigenvalue weighted by molar-refractivity contribution is 0.783. The van der Waals surface area contributed by atoms with E-state index in [1.165, 1.54) is 66.0 Å².